The van der Waals surface area contributed by atoms with Crippen LogP contribution in [0.15, 0.2) is 23.1 Å². The van der Waals surface area contributed by atoms with Crippen LogP contribution in [0.25, 0.3) is 0 Å². The van der Waals surface area contributed by atoms with Crippen LogP contribution in [0.2, 0.25) is 0 Å². The summed E-state index contributed by atoms with van der Waals surface area (Å²) >= 11 is 0. The van der Waals surface area contributed by atoms with E-state index in [0.717, 1.165) is 12.8 Å². The highest BCUT2D eigenvalue weighted by atomic mass is 32.2. The normalized spacial score (nSPS) is 11.3. The average molecular weight is 301 g/mol. The van der Waals surface area contributed by atoms with Crippen LogP contribution in [0.5, 0.6) is 11.5 Å². The van der Waals surface area contributed by atoms with Crippen molar-refractivity contribution in [3.63, 3.8) is 0 Å². The zero-order chi connectivity index (χ0) is 15.0. The Morgan fingerprint density at radius 1 is 1.05 bits per heavy atom. The van der Waals surface area contributed by atoms with Gasteiger partial charge in [-0.1, -0.05) is 13.3 Å². The molecule has 1 rings (SSSR count). The highest BCUT2D eigenvalue weighted by molar-refractivity contribution is 7.89. The van der Waals surface area contributed by atoms with Gasteiger partial charge >= 0.3 is 0 Å². The molecule has 0 bridgehead atoms. The summed E-state index contributed by atoms with van der Waals surface area (Å²) in [5, 5.41) is 0. The fraction of sp³-hybridized carbons (Fsp3) is 0.571. The summed E-state index contributed by atoms with van der Waals surface area (Å²) in [6, 6.07) is 4.66. The van der Waals surface area contributed by atoms with Gasteiger partial charge in [-0.05, 0) is 32.4 Å². The molecule has 6 heteroatoms. The minimum absolute atomic E-state index is 0.195. The molecule has 0 amide bonds. The molecule has 0 saturated carbocycles. The SMILES string of the molecule is CCCCNS(=O)(=O)c1ccc(OCC)c(OCC)c1. The van der Waals surface area contributed by atoms with Gasteiger partial charge in [-0.2, -0.15) is 0 Å². The molecule has 1 N–H and O–H groups in total. The van der Waals surface area contributed by atoms with Gasteiger partial charge < -0.3 is 9.47 Å². The fourth-order valence-electron chi connectivity index (χ4n) is 1.67. The molecule has 0 radical (unpaired) electrons. The predicted molar refractivity (Wildman–Crippen MR) is 78.9 cm³/mol. The summed E-state index contributed by atoms with van der Waals surface area (Å²) in [7, 11) is -3.49. The second-order valence-corrected chi connectivity index (χ2v) is 5.99. The quantitative estimate of drug-likeness (QED) is 0.712. The lowest BCUT2D eigenvalue weighted by Gasteiger charge is -2.13. The van der Waals surface area contributed by atoms with Crippen molar-refractivity contribution in [1.29, 1.82) is 0 Å². The Morgan fingerprint density at radius 3 is 2.30 bits per heavy atom. The molecule has 0 aliphatic heterocycles. The van der Waals surface area contributed by atoms with E-state index in [9.17, 15) is 8.42 Å². The molecule has 5 nitrogen and oxygen atoms in total. The van der Waals surface area contributed by atoms with Crippen LogP contribution in [-0.2, 0) is 10.0 Å². The molecule has 0 unspecified atom stereocenters. The standard InChI is InChI=1S/C14H23NO4S/c1-4-7-10-15-20(16,17)12-8-9-13(18-5-2)14(11-12)19-6-3/h8-9,11,15H,4-7,10H2,1-3H3. The third-order valence-electron chi connectivity index (χ3n) is 2.65. The van der Waals surface area contributed by atoms with Crippen LogP contribution in [0, 0.1) is 0 Å². The fourth-order valence-corrected chi connectivity index (χ4v) is 2.75. The topological polar surface area (TPSA) is 64.6 Å². The van der Waals surface area contributed by atoms with Crippen molar-refractivity contribution in [3.05, 3.63) is 18.2 Å². The van der Waals surface area contributed by atoms with Crippen LogP contribution in [0.1, 0.15) is 33.6 Å². The highest BCUT2D eigenvalue weighted by Crippen LogP contribution is 2.30. The first-order chi connectivity index (χ1) is 9.55. The highest BCUT2D eigenvalue weighted by Gasteiger charge is 2.16. The van der Waals surface area contributed by atoms with Gasteiger partial charge in [0, 0.05) is 12.6 Å². The minimum atomic E-state index is -3.49. The molecule has 0 saturated heterocycles. The van der Waals surface area contributed by atoms with Gasteiger partial charge in [-0.15, -0.1) is 0 Å². The summed E-state index contributed by atoms with van der Waals surface area (Å²) in [6.45, 7) is 7.12. The first-order valence-electron chi connectivity index (χ1n) is 6.94. The third kappa shape index (κ3) is 4.68. The lowest BCUT2D eigenvalue weighted by molar-refractivity contribution is 0.287. The Hall–Kier alpha value is -1.27. The van der Waals surface area contributed by atoms with Gasteiger partial charge in [0.15, 0.2) is 11.5 Å². The molecule has 0 spiro atoms. The monoisotopic (exact) mass is 301 g/mol. The maximum absolute atomic E-state index is 12.1. The number of nitrogens with one attached hydrogen (secondary N) is 1. The van der Waals surface area contributed by atoms with Gasteiger partial charge in [0.1, 0.15) is 0 Å². The molecule has 0 atom stereocenters. The van der Waals surface area contributed by atoms with E-state index in [0.29, 0.717) is 31.3 Å². The predicted octanol–water partition coefficient (Wildman–Crippen LogP) is 2.56. The summed E-state index contributed by atoms with van der Waals surface area (Å²) in [6.07, 6.45) is 1.75. The molecular formula is C14H23NO4S. The van der Waals surface area contributed by atoms with Crippen molar-refractivity contribution in [2.45, 2.75) is 38.5 Å². The molecule has 1 aromatic rings. The average Bonchev–Trinajstić information content (AvgIpc) is 2.41. The molecule has 20 heavy (non-hydrogen) atoms. The maximum Gasteiger partial charge on any atom is 0.240 e. The molecule has 114 valence electrons. The zero-order valence-corrected chi connectivity index (χ0v) is 13.1. The van der Waals surface area contributed by atoms with Crippen LogP contribution in [0.4, 0.5) is 0 Å². The second kappa shape index (κ2) is 8.11. The van der Waals surface area contributed by atoms with Crippen molar-refractivity contribution < 1.29 is 17.9 Å². The van der Waals surface area contributed by atoms with E-state index < -0.39 is 10.0 Å². The smallest absolute Gasteiger partial charge is 0.240 e. The zero-order valence-electron chi connectivity index (χ0n) is 12.3. The van der Waals surface area contributed by atoms with Crippen molar-refractivity contribution in [3.8, 4) is 11.5 Å². The first-order valence-corrected chi connectivity index (χ1v) is 8.42. The van der Waals surface area contributed by atoms with Crippen molar-refractivity contribution in [1.82, 2.24) is 4.72 Å². The number of sulfonamides is 1. The maximum atomic E-state index is 12.1. The Bertz CT molecular complexity index is 514. The van der Waals surface area contributed by atoms with Gasteiger partial charge in [0.05, 0.1) is 18.1 Å². The van der Waals surface area contributed by atoms with E-state index in [-0.39, 0.29) is 4.90 Å². The van der Waals surface area contributed by atoms with Crippen molar-refractivity contribution in [2.75, 3.05) is 19.8 Å². The van der Waals surface area contributed by atoms with E-state index in [1.807, 2.05) is 20.8 Å². The number of unbranched alkanes of at least 4 members (excludes halogenated alkanes) is 1. The van der Waals surface area contributed by atoms with E-state index in [2.05, 4.69) is 4.72 Å². The molecule has 0 heterocycles. The summed E-state index contributed by atoms with van der Waals surface area (Å²) in [4.78, 5) is 0.195. The van der Waals surface area contributed by atoms with Gasteiger partial charge in [-0.3, -0.25) is 0 Å². The molecule has 0 aliphatic carbocycles. The number of hydrogen-bond acceptors (Lipinski definition) is 4. The molecule has 0 aliphatic rings. The summed E-state index contributed by atoms with van der Waals surface area (Å²) in [5.74, 6) is 1.01. The van der Waals surface area contributed by atoms with Crippen LogP contribution < -0.4 is 14.2 Å². The van der Waals surface area contributed by atoms with E-state index in [1.54, 1.807) is 6.07 Å². The van der Waals surface area contributed by atoms with Gasteiger partial charge in [0.2, 0.25) is 10.0 Å². The van der Waals surface area contributed by atoms with Gasteiger partial charge in [0.25, 0.3) is 0 Å². The number of benzene rings is 1. The first kappa shape index (κ1) is 16.8. The number of rotatable bonds is 9. The van der Waals surface area contributed by atoms with Crippen LogP contribution in [0.3, 0.4) is 0 Å². The molecule has 0 fully saturated rings. The molecule has 0 aromatic heterocycles. The molecular weight excluding hydrogens is 278 g/mol. The summed E-state index contributed by atoms with van der Waals surface area (Å²) < 4.78 is 37.7. The lowest BCUT2D eigenvalue weighted by Crippen LogP contribution is -2.24. The van der Waals surface area contributed by atoms with Gasteiger partial charge in [-0.25, -0.2) is 13.1 Å². The Balaban J connectivity index is 2.97. The van der Waals surface area contributed by atoms with E-state index >= 15 is 0 Å². The Kier molecular flexibility index (Phi) is 6.81. The number of ether oxygens (including phenoxy) is 2. The lowest BCUT2D eigenvalue weighted by atomic mass is 10.3. The second-order valence-electron chi connectivity index (χ2n) is 4.23. The van der Waals surface area contributed by atoms with Crippen LogP contribution >= 0.6 is 0 Å². The van der Waals surface area contributed by atoms with E-state index in [4.69, 9.17) is 9.47 Å². The van der Waals surface area contributed by atoms with E-state index in [1.165, 1.54) is 12.1 Å². The molecule has 1 aromatic carbocycles. The number of hydrogen-bond donors (Lipinski definition) is 1. The third-order valence-corrected chi connectivity index (χ3v) is 4.11. The Labute approximate surface area is 121 Å². The van der Waals surface area contributed by atoms with Crippen molar-refractivity contribution >= 4 is 10.0 Å². The summed E-state index contributed by atoms with van der Waals surface area (Å²) in [5.41, 5.74) is 0. The van der Waals surface area contributed by atoms with Crippen LogP contribution in [-0.4, -0.2) is 28.2 Å². The largest absolute Gasteiger partial charge is 0.490 e. The minimum Gasteiger partial charge on any atom is -0.490 e. The Morgan fingerprint density at radius 2 is 1.70 bits per heavy atom. The van der Waals surface area contributed by atoms with Crippen molar-refractivity contribution in [2.24, 2.45) is 0 Å².